The lowest BCUT2D eigenvalue weighted by Gasteiger charge is -2.14. The molecule has 8 heteroatoms. The highest BCUT2D eigenvalue weighted by Gasteiger charge is 2.21. The zero-order chi connectivity index (χ0) is 19.2. The van der Waals surface area contributed by atoms with Crippen LogP contribution in [0.4, 0.5) is 14.5 Å². The largest absolute Gasteiger partial charge is 0.356 e. The number of hydrogen-bond donors (Lipinski definition) is 2. The SMILES string of the molecule is CC(CS(=O)(=O)Nc1cccc(F)c1)C(=O)NCCc1ccccc1F. The fourth-order valence-electron chi connectivity index (χ4n) is 2.37. The van der Waals surface area contributed by atoms with Crippen molar-refractivity contribution < 1.29 is 22.0 Å². The van der Waals surface area contributed by atoms with Crippen LogP contribution < -0.4 is 10.0 Å². The van der Waals surface area contributed by atoms with Crippen LogP contribution in [0, 0.1) is 17.6 Å². The van der Waals surface area contributed by atoms with Gasteiger partial charge in [-0.05, 0) is 36.2 Å². The standard InChI is InChI=1S/C18H20F2N2O3S/c1-13(12-26(24,25)22-16-7-4-6-15(19)11-16)18(23)21-10-9-14-5-2-3-8-17(14)20/h2-8,11,13,22H,9-10,12H2,1H3,(H,21,23). The van der Waals surface area contributed by atoms with Gasteiger partial charge in [-0.2, -0.15) is 0 Å². The molecular formula is C18H20F2N2O3S. The van der Waals surface area contributed by atoms with Crippen LogP contribution in [0.1, 0.15) is 12.5 Å². The quantitative estimate of drug-likeness (QED) is 0.737. The highest BCUT2D eigenvalue weighted by atomic mass is 32.2. The first kappa shape index (κ1) is 19.8. The molecule has 0 aromatic heterocycles. The van der Waals surface area contributed by atoms with Crippen molar-refractivity contribution in [3.05, 3.63) is 65.7 Å². The van der Waals surface area contributed by atoms with E-state index in [-0.39, 0.29) is 18.0 Å². The fourth-order valence-corrected chi connectivity index (χ4v) is 3.75. The predicted octanol–water partition coefficient (Wildman–Crippen LogP) is 2.70. The van der Waals surface area contributed by atoms with Crippen LogP contribution in [-0.4, -0.2) is 26.6 Å². The van der Waals surface area contributed by atoms with Gasteiger partial charge in [-0.3, -0.25) is 9.52 Å². The summed E-state index contributed by atoms with van der Waals surface area (Å²) < 4.78 is 53.1. The van der Waals surface area contributed by atoms with E-state index in [1.54, 1.807) is 18.2 Å². The van der Waals surface area contributed by atoms with Crippen molar-refractivity contribution in [3.63, 3.8) is 0 Å². The van der Waals surface area contributed by atoms with Crippen LogP contribution >= 0.6 is 0 Å². The van der Waals surface area contributed by atoms with Gasteiger partial charge >= 0.3 is 0 Å². The molecule has 0 bridgehead atoms. The third-order valence-electron chi connectivity index (χ3n) is 3.67. The van der Waals surface area contributed by atoms with E-state index in [4.69, 9.17) is 0 Å². The van der Waals surface area contributed by atoms with Gasteiger partial charge in [-0.15, -0.1) is 0 Å². The lowest BCUT2D eigenvalue weighted by Crippen LogP contribution is -2.35. The van der Waals surface area contributed by atoms with E-state index in [1.165, 1.54) is 31.2 Å². The Hall–Kier alpha value is -2.48. The number of benzene rings is 2. The molecule has 2 aromatic carbocycles. The van der Waals surface area contributed by atoms with Crippen LogP contribution in [0.15, 0.2) is 48.5 Å². The second-order valence-electron chi connectivity index (χ2n) is 5.93. The first-order chi connectivity index (χ1) is 12.3. The van der Waals surface area contributed by atoms with E-state index in [1.807, 2.05) is 0 Å². The lowest BCUT2D eigenvalue weighted by atomic mass is 10.1. The third-order valence-corrected chi connectivity index (χ3v) is 5.15. The number of carbonyl (C=O) groups excluding carboxylic acids is 1. The van der Waals surface area contributed by atoms with E-state index >= 15 is 0 Å². The average molecular weight is 382 g/mol. The van der Waals surface area contributed by atoms with Gasteiger partial charge in [-0.1, -0.05) is 31.2 Å². The fraction of sp³-hybridized carbons (Fsp3) is 0.278. The molecule has 2 aromatic rings. The van der Waals surface area contributed by atoms with Crippen LogP contribution in [0.2, 0.25) is 0 Å². The number of rotatable bonds is 8. The molecule has 0 saturated heterocycles. The minimum atomic E-state index is -3.82. The number of amides is 1. The molecule has 0 radical (unpaired) electrons. The summed E-state index contributed by atoms with van der Waals surface area (Å²) in [5.74, 6) is -2.64. The summed E-state index contributed by atoms with van der Waals surface area (Å²) in [5, 5.41) is 2.60. The molecule has 0 aliphatic carbocycles. The van der Waals surface area contributed by atoms with Gasteiger partial charge in [0, 0.05) is 6.54 Å². The van der Waals surface area contributed by atoms with E-state index in [0.717, 1.165) is 6.07 Å². The molecular weight excluding hydrogens is 362 g/mol. The van der Waals surface area contributed by atoms with Gasteiger partial charge in [0.25, 0.3) is 0 Å². The molecule has 0 spiro atoms. The Balaban J connectivity index is 1.84. The Bertz CT molecular complexity index is 872. The Morgan fingerprint density at radius 3 is 2.54 bits per heavy atom. The molecule has 140 valence electrons. The van der Waals surface area contributed by atoms with Crippen LogP contribution in [-0.2, 0) is 21.2 Å². The molecule has 0 aliphatic rings. The van der Waals surface area contributed by atoms with Crippen LogP contribution in [0.5, 0.6) is 0 Å². The maximum absolute atomic E-state index is 13.5. The maximum Gasteiger partial charge on any atom is 0.233 e. The summed E-state index contributed by atoms with van der Waals surface area (Å²) >= 11 is 0. The summed E-state index contributed by atoms with van der Waals surface area (Å²) in [6.45, 7) is 1.67. The summed E-state index contributed by atoms with van der Waals surface area (Å²) in [7, 11) is -3.82. The summed E-state index contributed by atoms with van der Waals surface area (Å²) in [6.07, 6.45) is 0.305. The summed E-state index contributed by atoms with van der Waals surface area (Å²) in [5.41, 5.74) is 0.568. The number of sulfonamides is 1. The van der Waals surface area contributed by atoms with Gasteiger partial charge in [-0.25, -0.2) is 17.2 Å². The predicted molar refractivity (Wildman–Crippen MR) is 96.1 cm³/mol. The summed E-state index contributed by atoms with van der Waals surface area (Å²) in [6, 6.07) is 11.3. The summed E-state index contributed by atoms with van der Waals surface area (Å²) in [4.78, 5) is 12.0. The third kappa shape index (κ3) is 6.11. The average Bonchev–Trinajstić information content (AvgIpc) is 2.55. The van der Waals surface area contributed by atoms with E-state index in [9.17, 15) is 22.0 Å². The second-order valence-corrected chi connectivity index (χ2v) is 7.69. The lowest BCUT2D eigenvalue weighted by molar-refractivity contribution is -0.123. The number of anilines is 1. The van der Waals surface area contributed by atoms with Crippen LogP contribution in [0.25, 0.3) is 0 Å². The molecule has 0 saturated carbocycles. The monoisotopic (exact) mass is 382 g/mol. The Labute approximate surface area is 151 Å². The topological polar surface area (TPSA) is 75.3 Å². The number of nitrogens with one attached hydrogen (secondary N) is 2. The molecule has 26 heavy (non-hydrogen) atoms. The smallest absolute Gasteiger partial charge is 0.233 e. The second kappa shape index (κ2) is 8.75. The molecule has 1 amide bonds. The van der Waals surface area contributed by atoms with Gasteiger partial charge in [0.15, 0.2) is 0 Å². The highest BCUT2D eigenvalue weighted by molar-refractivity contribution is 7.92. The van der Waals surface area contributed by atoms with Crippen molar-refractivity contribution in [1.82, 2.24) is 5.32 Å². The van der Waals surface area contributed by atoms with Crippen molar-refractivity contribution >= 4 is 21.6 Å². The zero-order valence-electron chi connectivity index (χ0n) is 14.2. The van der Waals surface area contributed by atoms with Crippen molar-refractivity contribution in [3.8, 4) is 0 Å². The van der Waals surface area contributed by atoms with Crippen LogP contribution in [0.3, 0.4) is 0 Å². The highest BCUT2D eigenvalue weighted by Crippen LogP contribution is 2.13. The van der Waals surface area contributed by atoms with Gasteiger partial charge in [0.05, 0.1) is 17.4 Å². The molecule has 1 unspecified atom stereocenters. The Morgan fingerprint density at radius 1 is 1.12 bits per heavy atom. The first-order valence-electron chi connectivity index (χ1n) is 8.04. The van der Waals surface area contributed by atoms with Crippen molar-refractivity contribution in [2.24, 2.45) is 5.92 Å². The number of carbonyl (C=O) groups is 1. The molecule has 0 aliphatic heterocycles. The maximum atomic E-state index is 13.5. The first-order valence-corrected chi connectivity index (χ1v) is 9.69. The van der Waals surface area contributed by atoms with Crippen molar-refractivity contribution in [2.45, 2.75) is 13.3 Å². The minimum Gasteiger partial charge on any atom is -0.356 e. The van der Waals surface area contributed by atoms with E-state index in [0.29, 0.717) is 12.0 Å². The van der Waals surface area contributed by atoms with E-state index in [2.05, 4.69) is 10.0 Å². The number of hydrogen-bond acceptors (Lipinski definition) is 3. The van der Waals surface area contributed by atoms with Gasteiger partial charge in [0.1, 0.15) is 11.6 Å². The van der Waals surface area contributed by atoms with Crippen molar-refractivity contribution in [2.75, 3.05) is 17.0 Å². The molecule has 1 atom stereocenters. The molecule has 2 rings (SSSR count). The minimum absolute atomic E-state index is 0.0946. The molecule has 2 N–H and O–H groups in total. The Morgan fingerprint density at radius 2 is 1.85 bits per heavy atom. The molecule has 5 nitrogen and oxygen atoms in total. The van der Waals surface area contributed by atoms with E-state index < -0.39 is 33.4 Å². The Kier molecular flexibility index (Phi) is 6.68. The molecule has 0 heterocycles. The number of halogens is 2. The van der Waals surface area contributed by atoms with Gasteiger partial charge < -0.3 is 5.32 Å². The normalized spacial score (nSPS) is 12.4. The molecule has 0 fully saturated rings. The van der Waals surface area contributed by atoms with Gasteiger partial charge in [0.2, 0.25) is 15.9 Å². The zero-order valence-corrected chi connectivity index (χ0v) is 15.0. The van der Waals surface area contributed by atoms with Crippen molar-refractivity contribution in [1.29, 1.82) is 0 Å².